The first-order chi connectivity index (χ1) is 10.6. The molecule has 1 fully saturated rings. The van der Waals surface area contributed by atoms with Gasteiger partial charge in [-0.15, -0.1) is 0 Å². The lowest BCUT2D eigenvalue weighted by Crippen LogP contribution is -2.19. The molecule has 2 heterocycles. The van der Waals surface area contributed by atoms with Crippen LogP contribution in [-0.4, -0.2) is 24.0 Å². The number of nitrogens with one attached hydrogen (secondary N) is 1. The number of nitrogens with zero attached hydrogens (tertiary/aromatic N) is 2. The second kappa shape index (κ2) is 6.48. The second-order valence-corrected chi connectivity index (χ2v) is 6.37. The molecule has 114 valence electrons. The van der Waals surface area contributed by atoms with E-state index in [4.69, 9.17) is 0 Å². The topological polar surface area (TPSA) is 45.2 Å². The molecular formula is C17H18BrN3O. The Morgan fingerprint density at radius 1 is 1.23 bits per heavy atom. The molecule has 1 N–H and O–H groups in total. The zero-order chi connectivity index (χ0) is 15.5. The van der Waals surface area contributed by atoms with Gasteiger partial charge in [0, 0.05) is 29.4 Å². The highest BCUT2D eigenvalue weighted by atomic mass is 79.9. The molecule has 4 nitrogen and oxygen atoms in total. The molecular weight excluding hydrogens is 342 g/mol. The van der Waals surface area contributed by atoms with Crippen LogP contribution < -0.4 is 10.2 Å². The summed E-state index contributed by atoms with van der Waals surface area (Å²) < 4.78 is 1.03. The molecule has 0 spiro atoms. The van der Waals surface area contributed by atoms with E-state index in [1.54, 1.807) is 6.20 Å². The van der Waals surface area contributed by atoms with Crippen LogP contribution in [0.5, 0.6) is 0 Å². The highest BCUT2D eigenvalue weighted by Gasteiger charge is 2.14. The first kappa shape index (κ1) is 15.0. The Labute approximate surface area is 138 Å². The van der Waals surface area contributed by atoms with Crippen molar-refractivity contribution in [1.82, 2.24) is 4.98 Å². The van der Waals surface area contributed by atoms with Crippen LogP contribution in [0.4, 0.5) is 11.5 Å². The van der Waals surface area contributed by atoms with Gasteiger partial charge >= 0.3 is 0 Å². The summed E-state index contributed by atoms with van der Waals surface area (Å²) in [7, 11) is 0. The minimum absolute atomic E-state index is 0.137. The van der Waals surface area contributed by atoms with Crippen molar-refractivity contribution in [2.24, 2.45) is 0 Å². The van der Waals surface area contributed by atoms with Crippen LogP contribution in [0.3, 0.4) is 0 Å². The Balaban J connectivity index is 1.70. The standard InChI is InChI=1S/C17H18BrN3O/c1-12-10-14(5-6-15(12)18)20-17(22)13-4-7-16(19-11-13)21-8-2-3-9-21/h4-7,10-11H,2-3,8-9H2,1H3,(H,20,22). The molecule has 1 saturated heterocycles. The van der Waals surface area contributed by atoms with Gasteiger partial charge in [0.1, 0.15) is 5.82 Å². The largest absolute Gasteiger partial charge is 0.357 e. The molecule has 1 aromatic heterocycles. The Morgan fingerprint density at radius 3 is 2.64 bits per heavy atom. The van der Waals surface area contributed by atoms with Crippen molar-refractivity contribution in [3.8, 4) is 0 Å². The van der Waals surface area contributed by atoms with Crippen LogP contribution in [0.15, 0.2) is 41.0 Å². The van der Waals surface area contributed by atoms with Crippen LogP contribution >= 0.6 is 15.9 Å². The van der Waals surface area contributed by atoms with E-state index in [1.807, 2.05) is 37.3 Å². The molecule has 1 aromatic carbocycles. The lowest BCUT2D eigenvalue weighted by Gasteiger charge is -2.16. The molecule has 2 aromatic rings. The van der Waals surface area contributed by atoms with Crippen LogP contribution in [0.1, 0.15) is 28.8 Å². The van der Waals surface area contributed by atoms with Gasteiger partial charge in [-0.05, 0) is 55.7 Å². The molecule has 3 rings (SSSR count). The number of halogens is 1. The molecule has 1 amide bonds. The summed E-state index contributed by atoms with van der Waals surface area (Å²) in [5.41, 5.74) is 2.44. The number of hydrogen-bond donors (Lipinski definition) is 1. The van der Waals surface area contributed by atoms with Crippen LogP contribution in [0.25, 0.3) is 0 Å². The number of rotatable bonds is 3. The number of hydrogen-bond acceptors (Lipinski definition) is 3. The zero-order valence-corrected chi connectivity index (χ0v) is 14.1. The summed E-state index contributed by atoms with van der Waals surface area (Å²) in [6.07, 6.45) is 4.08. The number of pyridine rings is 1. The molecule has 1 aliphatic rings. The van der Waals surface area contributed by atoms with Crippen LogP contribution in [-0.2, 0) is 0 Å². The van der Waals surface area contributed by atoms with Crippen molar-refractivity contribution in [3.63, 3.8) is 0 Å². The maximum atomic E-state index is 12.3. The molecule has 0 bridgehead atoms. The average Bonchev–Trinajstić information content (AvgIpc) is 3.05. The number of carbonyl (C=O) groups excluding carboxylic acids is 1. The molecule has 1 aliphatic heterocycles. The second-order valence-electron chi connectivity index (χ2n) is 5.52. The van der Waals surface area contributed by atoms with Gasteiger partial charge < -0.3 is 10.2 Å². The number of aromatic nitrogens is 1. The third-order valence-corrected chi connectivity index (χ3v) is 4.75. The highest BCUT2D eigenvalue weighted by molar-refractivity contribution is 9.10. The van der Waals surface area contributed by atoms with Gasteiger partial charge in [-0.25, -0.2) is 4.98 Å². The Morgan fingerprint density at radius 2 is 2.00 bits per heavy atom. The number of carbonyl (C=O) groups is 1. The summed E-state index contributed by atoms with van der Waals surface area (Å²) in [6, 6.07) is 9.50. The van der Waals surface area contributed by atoms with E-state index in [0.29, 0.717) is 5.56 Å². The Kier molecular flexibility index (Phi) is 4.43. The highest BCUT2D eigenvalue weighted by Crippen LogP contribution is 2.21. The third kappa shape index (κ3) is 3.30. The van der Waals surface area contributed by atoms with Crippen molar-refractivity contribution < 1.29 is 4.79 Å². The molecule has 0 saturated carbocycles. The van der Waals surface area contributed by atoms with Crippen LogP contribution in [0, 0.1) is 6.92 Å². The minimum atomic E-state index is -0.137. The Hall–Kier alpha value is -1.88. The first-order valence-electron chi connectivity index (χ1n) is 7.42. The van der Waals surface area contributed by atoms with E-state index in [-0.39, 0.29) is 5.91 Å². The average molecular weight is 360 g/mol. The van der Waals surface area contributed by atoms with Crippen molar-refractivity contribution in [1.29, 1.82) is 0 Å². The van der Waals surface area contributed by atoms with E-state index in [0.717, 1.165) is 34.6 Å². The monoisotopic (exact) mass is 359 g/mol. The van der Waals surface area contributed by atoms with Gasteiger partial charge in [-0.1, -0.05) is 15.9 Å². The van der Waals surface area contributed by atoms with Crippen molar-refractivity contribution in [2.75, 3.05) is 23.3 Å². The van der Waals surface area contributed by atoms with Gasteiger partial charge in [0.25, 0.3) is 5.91 Å². The fraction of sp³-hybridized carbons (Fsp3) is 0.294. The van der Waals surface area contributed by atoms with Gasteiger partial charge in [-0.3, -0.25) is 4.79 Å². The SMILES string of the molecule is Cc1cc(NC(=O)c2ccc(N3CCCC3)nc2)ccc1Br. The maximum Gasteiger partial charge on any atom is 0.257 e. The number of benzene rings is 1. The predicted octanol–water partition coefficient (Wildman–Crippen LogP) is 4.01. The van der Waals surface area contributed by atoms with E-state index in [1.165, 1.54) is 12.8 Å². The van der Waals surface area contributed by atoms with E-state index in [2.05, 4.69) is 31.1 Å². The van der Waals surface area contributed by atoms with Crippen molar-refractivity contribution >= 4 is 33.3 Å². The molecule has 0 atom stereocenters. The van der Waals surface area contributed by atoms with Crippen molar-refractivity contribution in [3.05, 3.63) is 52.1 Å². The summed E-state index contributed by atoms with van der Waals surface area (Å²) in [5.74, 6) is 0.815. The Bertz CT molecular complexity index is 679. The summed E-state index contributed by atoms with van der Waals surface area (Å²) in [5, 5.41) is 2.90. The summed E-state index contributed by atoms with van der Waals surface area (Å²) >= 11 is 3.45. The fourth-order valence-electron chi connectivity index (χ4n) is 2.58. The maximum absolute atomic E-state index is 12.3. The predicted molar refractivity (Wildman–Crippen MR) is 92.5 cm³/mol. The number of aryl methyl sites for hydroxylation is 1. The number of amides is 1. The van der Waals surface area contributed by atoms with E-state index < -0.39 is 0 Å². The normalized spacial score (nSPS) is 14.2. The summed E-state index contributed by atoms with van der Waals surface area (Å²) in [4.78, 5) is 18.9. The van der Waals surface area contributed by atoms with E-state index >= 15 is 0 Å². The van der Waals surface area contributed by atoms with Gasteiger partial charge in [-0.2, -0.15) is 0 Å². The number of anilines is 2. The molecule has 5 heteroatoms. The van der Waals surface area contributed by atoms with Crippen molar-refractivity contribution in [2.45, 2.75) is 19.8 Å². The van der Waals surface area contributed by atoms with E-state index in [9.17, 15) is 4.79 Å². The first-order valence-corrected chi connectivity index (χ1v) is 8.21. The molecule has 0 radical (unpaired) electrons. The lowest BCUT2D eigenvalue weighted by atomic mass is 10.2. The van der Waals surface area contributed by atoms with Gasteiger partial charge in [0.15, 0.2) is 0 Å². The van der Waals surface area contributed by atoms with Gasteiger partial charge in [0.05, 0.1) is 5.56 Å². The third-order valence-electron chi connectivity index (χ3n) is 3.86. The quantitative estimate of drug-likeness (QED) is 0.900. The molecule has 0 unspecified atom stereocenters. The van der Waals surface area contributed by atoms with Gasteiger partial charge in [0.2, 0.25) is 0 Å². The summed E-state index contributed by atoms with van der Waals surface area (Å²) in [6.45, 7) is 4.10. The zero-order valence-electron chi connectivity index (χ0n) is 12.5. The smallest absolute Gasteiger partial charge is 0.257 e. The fourth-order valence-corrected chi connectivity index (χ4v) is 2.83. The lowest BCUT2D eigenvalue weighted by molar-refractivity contribution is 0.102. The molecule has 22 heavy (non-hydrogen) atoms. The van der Waals surface area contributed by atoms with Crippen LogP contribution in [0.2, 0.25) is 0 Å². The minimum Gasteiger partial charge on any atom is -0.357 e. The molecule has 0 aliphatic carbocycles.